The molecule has 0 aliphatic heterocycles. The van der Waals surface area contributed by atoms with Crippen molar-refractivity contribution >= 4 is 26.5 Å². The molecule has 2 aromatic rings. The molecule has 1 aromatic carbocycles. The molecule has 126 valence electrons. The van der Waals surface area contributed by atoms with Gasteiger partial charge in [-0.2, -0.15) is 13.2 Å². The summed E-state index contributed by atoms with van der Waals surface area (Å²) in [5, 5.41) is 1.06. The van der Waals surface area contributed by atoms with E-state index >= 15 is 0 Å². The van der Waals surface area contributed by atoms with E-state index in [1.165, 1.54) is 24.6 Å². The summed E-state index contributed by atoms with van der Waals surface area (Å²) in [4.78, 5) is 3.63. The van der Waals surface area contributed by atoms with Crippen molar-refractivity contribution < 1.29 is 26.3 Å². The van der Waals surface area contributed by atoms with Gasteiger partial charge in [-0.3, -0.25) is 4.72 Å². The number of hydrogen-bond donors (Lipinski definition) is 1. The van der Waals surface area contributed by atoms with Crippen molar-refractivity contribution in [3.63, 3.8) is 0 Å². The summed E-state index contributed by atoms with van der Waals surface area (Å²) in [5.74, 6) is 0. The van der Waals surface area contributed by atoms with Crippen LogP contribution in [0.1, 0.15) is 11.3 Å². The first-order valence-corrected chi connectivity index (χ1v) is 8.68. The van der Waals surface area contributed by atoms with Crippen LogP contribution < -0.4 is 4.72 Å². The summed E-state index contributed by atoms with van der Waals surface area (Å²) in [5.41, 5.74) is 0.431. The molecule has 1 N–H and O–H groups in total. The highest BCUT2D eigenvalue weighted by atomic mass is 32.2. The molecular formula is C13H13F3N2O3S2. The molecule has 0 bridgehead atoms. The van der Waals surface area contributed by atoms with E-state index in [4.69, 9.17) is 4.74 Å². The Morgan fingerprint density at radius 1 is 1.35 bits per heavy atom. The molecule has 0 saturated heterocycles. The van der Waals surface area contributed by atoms with Gasteiger partial charge in [0.15, 0.2) is 5.13 Å². The highest BCUT2D eigenvalue weighted by Gasteiger charge is 2.29. The predicted octanol–water partition coefficient (Wildman–Crippen LogP) is 3.20. The summed E-state index contributed by atoms with van der Waals surface area (Å²) in [6, 6.07) is 6.06. The van der Waals surface area contributed by atoms with Crippen LogP contribution in [0.3, 0.4) is 0 Å². The van der Waals surface area contributed by atoms with Gasteiger partial charge in [-0.25, -0.2) is 13.4 Å². The second-order valence-corrected chi connectivity index (χ2v) is 7.16. The maximum atomic E-state index is 12.3. The molecule has 0 atom stereocenters. The van der Waals surface area contributed by atoms with Crippen LogP contribution in [0.5, 0.6) is 0 Å². The molecule has 0 fully saturated rings. The molecule has 0 radical (unpaired) electrons. The number of sulfonamides is 1. The lowest BCUT2D eigenvalue weighted by Gasteiger charge is -2.07. The summed E-state index contributed by atoms with van der Waals surface area (Å²) < 4.78 is 68.5. The summed E-state index contributed by atoms with van der Waals surface area (Å²) in [7, 11) is -2.44. The third kappa shape index (κ3) is 5.19. The van der Waals surface area contributed by atoms with Crippen LogP contribution in [0.2, 0.25) is 0 Å². The molecule has 1 aromatic heterocycles. The van der Waals surface area contributed by atoms with Crippen molar-refractivity contribution in [1.82, 2.24) is 4.98 Å². The largest absolute Gasteiger partial charge is 0.394 e. The number of rotatable bonds is 6. The molecular weight excluding hydrogens is 353 g/mol. The van der Waals surface area contributed by atoms with Gasteiger partial charge in [0.25, 0.3) is 10.0 Å². The lowest BCUT2D eigenvalue weighted by molar-refractivity contribution is -0.127. The zero-order valence-electron chi connectivity index (χ0n) is 11.9. The Labute approximate surface area is 135 Å². The van der Waals surface area contributed by atoms with E-state index in [1.807, 2.05) is 0 Å². The number of anilines is 1. The Bertz CT molecular complexity index is 773. The molecule has 1 heterocycles. The average Bonchev–Trinajstić information content (AvgIpc) is 2.83. The molecule has 0 aliphatic rings. The summed E-state index contributed by atoms with van der Waals surface area (Å²) in [6.07, 6.45) is -5.59. The van der Waals surface area contributed by atoms with E-state index in [-0.39, 0.29) is 22.3 Å². The van der Waals surface area contributed by atoms with Gasteiger partial charge in [0.1, 0.15) is 0 Å². The highest BCUT2D eigenvalue weighted by molar-refractivity contribution is 7.93. The smallest absolute Gasteiger partial charge is 0.380 e. The quantitative estimate of drug-likeness (QED) is 0.853. The minimum Gasteiger partial charge on any atom is -0.380 e. The van der Waals surface area contributed by atoms with E-state index in [9.17, 15) is 21.6 Å². The average molecular weight is 366 g/mol. The van der Waals surface area contributed by atoms with E-state index in [2.05, 4.69) is 9.71 Å². The van der Waals surface area contributed by atoms with Crippen LogP contribution in [0.4, 0.5) is 18.3 Å². The van der Waals surface area contributed by atoms with Crippen molar-refractivity contribution in [2.75, 3.05) is 11.8 Å². The number of nitrogens with zero attached hydrogens (tertiary/aromatic N) is 1. The van der Waals surface area contributed by atoms with Gasteiger partial charge in [0.05, 0.1) is 23.6 Å². The molecule has 0 saturated carbocycles. The van der Waals surface area contributed by atoms with Gasteiger partial charge >= 0.3 is 6.18 Å². The van der Waals surface area contributed by atoms with E-state index in [1.54, 1.807) is 12.1 Å². The predicted molar refractivity (Wildman–Crippen MR) is 79.8 cm³/mol. The number of nitrogens with one attached hydrogen (secondary N) is 1. The zero-order valence-corrected chi connectivity index (χ0v) is 13.6. The molecule has 0 amide bonds. The fourth-order valence-electron chi connectivity index (χ4n) is 1.78. The van der Waals surface area contributed by atoms with Gasteiger partial charge in [-0.05, 0) is 17.7 Å². The molecule has 23 heavy (non-hydrogen) atoms. The van der Waals surface area contributed by atoms with E-state index in [0.717, 1.165) is 11.3 Å². The fourth-order valence-corrected chi connectivity index (χ4v) is 3.82. The summed E-state index contributed by atoms with van der Waals surface area (Å²) >= 11 is 0.800. The molecule has 0 spiro atoms. The van der Waals surface area contributed by atoms with Crippen molar-refractivity contribution in [1.29, 1.82) is 0 Å². The monoisotopic (exact) mass is 366 g/mol. The van der Waals surface area contributed by atoms with E-state index < -0.39 is 22.6 Å². The topological polar surface area (TPSA) is 68.3 Å². The van der Waals surface area contributed by atoms with Gasteiger partial charge in [-0.1, -0.05) is 12.1 Å². The Kier molecular flexibility index (Phi) is 5.27. The van der Waals surface area contributed by atoms with Gasteiger partial charge in [0, 0.05) is 12.5 Å². The second kappa shape index (κ2) is 6.85. The number of methoxy groups -OCH3 is 1. The highest BCUT2D eigenvalue weighted by Crippen LogP contribution is 2.25. The first-order valence-electron chi connectivity index (χ1n) is 6.31. The van der Waals surface area contributed by atoms with E-state index in [0.29, 0.717) is 5.56 Å². The van der Waals surface area contributed by atoms with Crippen molar-refractivity contribution in [3.8, 4) is 0 Å². The van der Waals surface area contributed by atoms with Crippen LogP contribution in [0, 0.1) is 0 Å². The molecule has 2 rings (SSSR count). The van der Waals surface area contributed by atoms with Crippen LogP contribution in [-0.2, 0) is 27.8 Å². The van der Waals surface area contributed by atoms with Gasteiger partial charge in [-0.15, -0.1) is 11.3 Å². The fraction of sp³-hybridized carbons (Fsp3) is 0.308. The summed E-state index contributed by atoms with van der Waals surface area (Å²) in [6.45, 7) is 0.246. The van der Waals surface area contributed by atoms with Crippen LogP contribution in [-0.4, -0.2) is 26.7 Å². The third-order valence-corrected chi connectivity index (χ3v) is 4.95. The Balaban J connectivity index is 2.17. The molecule has 0 unspecified atom stereocenters. The van der Waals surface area contributed by atoms with Crippen LogP contribution >= 0.6 is 11.3 Å². The Morgan fingerprint density at radius 2 is 2.09 bits per heavy atom. The number of thiazole rings is 1. The Hall–Kier alpha value is -1.65. The minimum atomic E-state index is -4.39. The lowest BCUT2D eigenvalue weighted by atomic mass is 10.2. The van der Waals surface area contributed by atoms with Gasteiger partial charge < -0.3 is 4.74 Å². The standard InChI is InChI=1S/C13H13F3N2O3S2/c1-21-7-9-3-2-4-11(5-9)23(19,20)18-12-17-10(8-22-12)6-13(14,15)16/h2-5,8H,6-7H2,1H3,(H,17,18). The number of benzene rings is 1. The number of alkyl halides is 3. The normalized spacial score (nSPS) is 12.3. The van der Waals surface area contributed by atoms with Crippen molar-refractivity contribution in [2.24, 2.45) is 0 Å². The second-order valence-electron chi connectivity index (χ2n) is 4.62. The van der Waals surface area contributed by atoms with Crippen molar-refractivity contribution in [2.45, 2.75) is 24.1 Å². The molecule has 10 heteroatoms. The molecule has 0 aliphatic carbocycles. The number of halogens is 3. The van der Waals surface area contributed by atoms with Crippen LogP contribution in [0.25, 0.3) is 0 Å². The Morgan fingerprint density at radius 3 is 2.74 bits per heavy atom. The number of hydrogen-bond acceptors (Lipinski definition) is 5. The number of ether oxygens (including phenoxy) is 1. The maximum absolute atomic E-state index is 12.3. The zero-order chi connectivity index (χ0) is 17.1. The molecule has 5 nitrogen and oxygen atoms in total. The minimum absolute atomic E-state index is 0.0142. The maximum Gasteiger partial charge on any atom is 0.394 e. The first kappa shape index (κ1) is 17.7. The van der Waals surface area contributed by atoms with Gasteiger partial charge in [0.2, 0.25) is 0 Å². The number of aromatic nitrogens is 1. The SMILES string of the molecule is COCc1cccc(S(=O)(=O)Nc2nc(CC(F)(F)F)cs2)c1. The van der Waals surface area contributed by atoms with Crippen LogP contribution in [0.15, 0.2) is 34.5 Å². The van der Waals surface area contributed by atoms with Crippen molar-refractivity contribution in [3.05, 3.63) is 40.9 Å². The lowest BCUT2D eigenvalue weighted by Crippen LogP contribution is -2.14. The third-order valence-electron chi connectivity index (χ3n) is 2.67. The first-order chi connectivity index (χ1) is 10.7.